The monoisotopic (exact) mass is 425 g/mol. The Bertz CT molecular complexity index is 1010. The van der Waals surface area contributed by atoms with Crippen LogP contribution in [0.3, 0.4) is 0 Å². The number of hydrogen-bond acceptors (Lipinski definition) is 4. The van der Waals surface area contributed by atoms with Crippen LogP contribution in [0.5, 0.6) is 5.75 Å². The summed E-state index contributed by atoms with van der Waals surface area (Å²) in [5.74, 6) is 0.611. The van der Waals surface area contributed by atoms with Gasteiger partial charge in [0.15, 0.2) is 5.69 Å². The molecule has 30 heavy (non-hydrogen) atoms. The van der Waals surface area contributed by atoms with Gasteiger partial charge in [-0.2, -0.15) is 5.10 Å². The summed E-state index contributed by atoms with van der Waals surface area (Å²) in [4.78, 5) is 12.6. The first-order valence-electron chi connectivity index (χ1n) is 9.95. The quantitative estimate of drug-likeness (QED) is 0.630. The lowest BCUT2D eigenvalue weighted by molar-refractivity contribution is -0.00119. The van der Waals surface area contributed by atoms with Crippen molar-refractivity contribution >= 4 is 17.5 Å². The zero-order chi connectivity index (χ0) is 21.1. The second-order valence-electron chi connectivity index (χ2n) is 7.55. The van der Waals surface area contributed by atoms with Crippen LogP contribution in [0.2, 0.25) is 5.02 Å². The van der Waals surface area contributed by atoms with Crippen molar-refractivity contribution in [1.82, 2.24) is 15.1 Å². The number of benzene rings is 2. The molecule has 3 aromatic rings. The molecule has 6 nitrogen and oxygen atoms in total. The molecule has 1 atom stereocenters. The molecule has 1 aliphatic rings. The molecule has 1 aliphatic heterocycles. The summed E-state index contributed by atoms with van der Waals surface area (Å²) in [5.41, 5.74) is 3.32. The Balaban J connectivity index is 1.36. The average molecular weight is 426 g/mol. The van der Waals surface area contributed by atoms with E-state index in [4.69, 9.17) is 21.1 Å². The standard InChI is InChI=1S/C23H24ClN3O3/c1-15(2)30-20-9-3-16(4-10-20)12-25-23(28)21-11-19-14-29-22(13-27(19)26-21)17-5-7-18(24)8-6-17/h3-11,15,22H,12-14H2,1-2H3,(H,25,28)/t22-/m1/s1. The van der Waals surface area contributed by atoms with E-state index in [1.807, 2.05) is 67.1 Å². The Kier molecular flexibility index (Phi) is 6.06. The molecule has 2 aromatic carbocycles. The highest BCUT2D eigenvalue weighted by atomic mass is 35.5. The van der Waals surface area contributed by atoms with Gasteiger partial charge in [-0.15, -0.1) is 0 Å². The first-order chi connectivity index (χ1) is 14.5. The van der Waals surface area contributed by atoms with E-state index in [-0.39, 0.29) is 18.1 Å². The molecule has 0 radical (unpaired) electrons. The predicted molar refractivity (Wildman–Crippen MR) is 115 cm³/mol. The van der Waals surface area contributed by atoms with Gasteiger partial charge in [0, 0.05) is 11.6 Å². The lowest BCUT2D eigenvalue weighted by Gasteiger charge is -2.24. The van der Waals surface area contributed by atoms with Crippen LogP contribution in [-0.4, -0.2) is 21.8 Å². The Morgan fingerprint density at radius 1 is 1.23 bits per heavy atom. The molecule has 0 aliphatic carbocycles. The van der Waals surface area contributed by atoms with Gasteiger partial charge in [0.1, 0.15) is 11.9 Å². The van der Waals surface area contributed by atoms with E-state index < -0.39 is 0 Å². The van der Waals surface area contributed by atoms with Crippen LogP contribution in [0.4, 0.5) is 0 Å². The van der Waals surface area contributed by atoms with Crippen molar-refractivity contribution in [3.63, 3.8) is 0 Å². The zero-order valence-corrected chi connectivity index (χ0v) is 17.7. The number of ether oxygens (including phenoxy) is 2. The number of rotatable bonds is 6. The van der Waals surface area contributed by atoms with Crippen molar-refractivity contribution < 1.29 is 14.3 Å². The SMILES string of the molecule is CC(C)Oc1ccc(CNC(=O)c2cc3n(n2)C[C@H](c2ccc(Cl)cc2)OC3)cc1. The molecule has 156 valence electrons. The van der Waals surface area contributed by atoms with E-state index in [2.05, 4.69) is 10.4 Å². The Morgan fingerprint density at radius 3 is 2.67 bits per heavy atom. The number of halogens is 1. The fraction of sp³-hybridized carbons (Fsp3) is 0.304. The number of aromatic nitrogens is 2. The smallest absolute Gasteiger partial charge is 0.272 e. The maximum Gasteiger partial charge on any atom is 0.272 e. The largest absolute Gasteiger partial charge is 0.491 e. The maximum atomic E-state index is 12.6. The van der Waals surface area contributed by atoms with Gasteiger partial charge in [-0.3, -0.25) is 9.48 Å². The van der Waals surface area contributed by atoms with Crippen LogP contribution < -0.4 is 10.1 Å². The third kappa shape index (κ3) is 4.83. The summed E-state index contributed by atoms with van der Waals surface area (Å²) in [6, 6.07) is 17.1. The molecular formula is C23H24ClN3O3. The third-order valence-electron chi connectivity index (χ3n) is 4.86. The van der Waals surface area contributed by atoms with Gasteiger partial charge in [0.05, 0.1) is 24.9 Å². The van der Waals surface area contributed by atoms with Crippen LogP contribution >= 0.6 is 11.6 Å². The van der Waals surface area contributed by atoms with Crippen molar-refractivity contribution in [2.75, 3.05) is 0 Å². The van der Waals surface area contributed by atoms with Crippen LogP contribution in [-0.2, 0) is 24.4 Å². The van der Waals surface area contributed by atoms with Crippen molar-refractivity contribution in [3.8, 4) is 5.75 Å². The Morgan fingerprint density at radius 2 is 1.97 bits per heavy atom. The highest BCUT2D eigenvalue weighted by Gasteiger charge is 2.24. The minimum absolute atomic E-state index is 0.114. The molecule has 0 saturated heterocycles. The Hall–Kier alpha value is -2.83. The molecular weight excluding hydrogens is 402 g/mol. The van der Waals surface area contributed by atoms with E-state index >= 15 is 0 Å². The first-order valence-corrected chi connectivity index (χ1v) is 10.3. The van der Waals surface area contributed by atoms with Gasteiger partial charge in [0.25, 0.3) is 5.91 Å². The highest BCUT2D eigenvalue weighted by Crippen LogP contribution is 2.27. The molecule has 1 amide bonds. The Labute approximate surface area is 180 Å². The number of carbonyl (C=O) groups excluding carboxylic acids is 1. The topological polar surface area (TPSA) is 65.4 Å². The minimum Gasteiger partial charge on any atom is -0.491 e. The number of nitrogens with one attached hydrogen (secondary N) is 1. The van der Waals surface area contributed by atoms with Crippen molar-refractivity contribution in [2.24, 2.45) is 0 Å². The number of carbonyl (C=O) groups is 1. The van der Waals surface area contributed by atoms with Crippen LogP contribution in [0.25, 0.3) is 0 Å². The van der Waals surface area contributed by atoms with Gasteiger partial charge < -0.3 is 14.8 Å². The van der Waals surface area contributed by atoms with E-state index in [0.29, 0.717) is 30.4 Å². The van der Waals surface area contributed by atoms with E-state index in [0.717, 1.165) is 22.6 Å². The van der Waals surface area contributed by atoms with Gasteiger partial charge in [-0.25, -0.2) is 0 Å². The molecule has 0 fully saturated rings. The second kappa shape index (κ2) is 8.90. The molecule has 2 heterocycles. The maximum absolute atomic E-state index is 12.6. The fourth-order valence-electron chi connectivity index (χ4n) is 3.35. The average Bonchev–Trinajstić information content (AvgIpc) is 3.17. The van der Waals surface area contributed by atoms with Crippen molar-refractivity contribution in [2.45, 2.75) is 45.8 Å². The van der Waals surface area contributed by atoms with E-state index in [1.165, 1.54) is 0 Å². The van der Waals surface area contributed by atoms with Gasteiger partial charge >= 0.3 is 0 Å². The molecule has 0 saturated carbocycles. The predicted octanol–water partition coefficient (Wildman–Crippen LogP) is 4.53. The molecule has 0 bridgehead atoms. The molecule has 4 rings (SSSR count). The van der Waals surface area contributed by atoms with Crippen molar-refractivity contribution in [3.05, 3.63) is 82.1 Å². The lowest BCUT2D eigenvalue weighted by Crippen LogP contribution is -2.24. The summed E-state index contributed by atoms with van der Waals surface area (Å²) in [7, 11) is 0. The van der Waals surface area contributed by atoms with Crippen LogP contribution in [0, 0.1) is 0 Å². The summed E-state index contributed by atoms with van der Waals surface area (Å²) in [6.07, 6.45) is 0.0166. The first kappa shape index (κ1) is 20.4. The lowest BCUT2D eigenvalue weighted by atomic mass is 10.1. The van der Waals surface area contributed by atoms with Crippen LogP contribution in [0.15, 0.2) is 54.6 Å². The van der Waals surface area contributed by atoms with E-state index in [9.17, 15) is 4.79 Å². The summed E-state index contributed by atoms with van der Waals surface area (Å²) in [6.45, 7) is 5.36. The highest BCUT2D eigenvalue weighted by molar-refractivity contribution is 6.30. The second-order valence-corrected chi connectivity index (χ2v) is 7.98. The summed E-state index contributed by atoms with van der Waals surface area (Å²) in [5, 5.41) is 8.09. The number of nitrogens with zero attached hydrogens (tertiary/aromatic N) is 2. The fourth-order valence-corrected chi connectivity index (χ4v) is 3.47. The third-order valence-corrected chi connectivity index (χ3v) is 5.11. The molecule has 0 unspecified atom stereocenters. The molecule has 0 spiro atoms. The minimum atomic E-state index is -0.206. The zero-order valence-electron chi connectivity index (χ0n) is 17.0. The summed E-state index contributed by atoms with van der Waals surface area (Å²) < 4.78 is 13.4. The van der Waals surface area contributed by atoms with Crippen molar-refractivity contribution in [1.29, 1.82) is 0 Å². The van der Waals surface area contributed by atoms with Gasteiger partial charge in [-0.1, -0.05) is 35.9 Å². The van der Waals surface area contributed by atoms with Gasteiger partial charge in [-0.05, 0) is 55.3 Å². The number of fused-ring (bicyclic) bond motifs is 1. The number of amides is 1. The normalized spacial score (nSPS) is 15.7. The molecule has 1 aromatic heterocycles. The van der Waals surface area contributed by atoms with E-state index in [1.54, 1.807) is 6.07 Å². The van der Waals surface area contributed by atoms with Crippen LogP contribution in [0.1, 0.15) is 47.3 Å². The number of hydrogen-bond donors (Lipinski definition) is 1. The molecule has 7 heteroatoms. The van der Waals surface area contributed by atoms with Gasteiger partial charge in [0.2, 0.25) is 0 Å². The summed E-state index contributed by atoms with van der Waals surface area (Å²) >= 11 is 5.96. The molecule has 1 N–H and O–H groups in total.